The molecule has 1 atom stereocenters. The first-order valence-electron chi connectivity index (χ1n) is 8.04. The van der Waals surface area contributed by atoms with Crippen LogP contribution in [0.5, 0.6) is 0 Å². The van der Waals surface area contributed by atoms with Gasteiger partial charge in [-0.1, -0.05) is 0 Å². The Balaban J connectivity index is 1.95. The van der Waals surface area contributed by atoms with Crippen LogP contribution in [-0.4, -0.2) is 44.5 Å². The summed E-state index contributed by atoms with van der Waals surface area (Å²) in [5, 5.41) is 4.06. The Bertz CT molecular complexity index is 612. The standard InChI is InChI=1S/C15H20F3N3O2S/c1-24-7-4-11-19-13(21(20-11)9-15(16,17)18)10-8-12(22)23-14(10)5-2-3-6-14/h10H,2-9H2,1H3/t10-/m0/s1. The normalized spacial score (nSPS) is 23.2. The fourth-order valence-corrected chi connectivity index (χ4v) is 4.08. The largest absolute Gasteiger partial charge is 0.458 e. The summed E-state index contributed by atoms with van der Waals surface area (Å²) in [6.45, 7) is -1.19. The van der Waals surface area contributed by atoms with E-state index in [0.717, 1.165) is 23.3 Å². The molecule has 24 heavy (non-hydrogen) atoms. The summed E-state index contributed by atoms with van der Waals surface area (Å²) in [5.41, 5.74) is -0.690. The number of hydrogen-bond donors (Lipinski definition) is 0. The van der Waals surface area contributed by atoms with Crippen molar-refractivity contribution in [1.82, 2.24) is 14.8 Å². The van der Waals surface area contributed by atoms with Crippen molar-refractivity contribution in [2.24, 2.45) is 0 Å². The van der Waals surface area contributed by atoms with E-state index in [4.69, 9.17) is 4.74 Å². The molecule has 1 aromatic heterocycles. The smallest absolute Gasteiger partial charge is 0.408 e. The van der Waals surface area contributed by atoms with Gasteiger partial charge in [0.2, 0.25) is 0 Å². The van der Waals surface area contributed by atoms with E-state index in [9.17, 15) is 18.0 Å². The molecule has 9 heteroatoms. The van der Waals surface area contributed by atoms with Crippen LogP contribution in [-0.2, 0) is 22.5 Å². The molecule has 1 aromatic rings. The maximum Gasteiger partial charge on any atom is 0.408 e. The lowest BCUT2D eigenvalue weighted by Gasteiger charge is -2.28. The number of rotatable bonds is 5. The van der Waals surface area contributed by atoms with Crippen LogP contribution >= 0.6 is 11.8 Å². The van der Waals surface area contributed by atoms with Crippen molar-refractivity contribution < 1.29 is 22.7 Å². The van der Waals surface area contributed by atoms with Crippen molar-refractivity contribution in [3.8, 4) is 0 Å². The third-order valence-electron chi connectivity index (χ3n) is 4.69. The zero-order chi connectivity index (χ0) is 17.4. The topological polar surface area (TPSA) is 57.0 Å². The number of esters is 1. The van der Waals surface area contributed by atoms with Gasteiger partial charge in [0.05, 0.1) is 12.3 Å². The van der Waals surface area contributed by atoms with Gasteiger partial charge in [-0.3, -0.25) is 4.79 Å². The van der Waals surface area contributed by atoms with E-state index in [0.29, 0.717) is 25.1 Å². The fraction of sp³-hybridized carbons (Fsp3) is 0.800. The van der Waals surface area contributed by atoms with Crippen molar-refractivity contribution in [1.29, 1.82) is 0 Å². The average Bonchev–Trinajstić information content (AvgIpc) is 3.16. The van der Waals surface area contributed by atoms with Crippen LogP contribution < -0.4 is 0 Å². The summed E-state index contributed by atoms with van der Waals surface area (Å²) in [5.74, 6) is 0.590. The molecule has 0 amide bonds. The van der Waals surface area contributed by atoms with Crippen molar-refractivity contribution in [2.75, 3.05) is 12.0 Å². The SMILES string of the molecule is CSCCc1nc([C@@H]2CC(=O)OC23CCCC3)n(CC(F)(F)F)n1. The van der Waals surface area contributed by atoms with E-state index in [1.54, 1.807) is 11.8 Å². The third kappa shape index (κ3) is 3.55. The monoisotopic (exact) mass is 363 g/mol. The van der Waals surface area contributed by atoms with E-state index >= 15 is 0 Å². The molecule has 1 saturated heterocycles. The Morgan fingerprint density at radius 1 is 1.38 bits per heavy atom. The highest BCUT2D eigenvalue weighted by Gasteiger charge is 2.53. The van der Waals surface area contributed by atoms with Gasteiger partial charge < -0.3 is 4.74 Å². The third-order valence-corrected chi connectivity index (χ3v) is 5.30. The van der Waals surface area contributed by atoms with Gasteiger partial charge in [-0.15, -0.1) is 0 Å². The zero-order valence-electron chi connectivity index (χ0n) is 13.4. The molecular formula is C15H20F3N3O2S. The molecule has 2 heterocycles. The number of nitrogens with zero attached hydrogens (tertiary/aromatic N) is 3. The first-order valence-corrected chi connectivity index (χ1v) is 9.43. The molecule has 134 valence electrons. The number of thioether (sulfide) groups is 1. The number of carbonyl (C=O) groups is 1. The lowest BCUT2D eigenvalue weighted by molar-refractivity contribution is -0.149. The molecule has 1 saturated carbocycles. The Morgan fingerprint density at radius 3 is 2.71 bits per heavy atom. The molecule has 0 radical (unpaired) electrons. The molecular weight excluding hydrogens is 343 g/mol. The quantitative estimate of drug-likeness (QED) is 0.753. The van der Waals surface area contributed by atoms with E-state index in [-0.39, 0.29) is 18.2 Å². The Hall–Kier alpha value is -1.25. The minimum absolute atomic E-state index is 0.0819. The number of hydrogen-bond acceptors (Lipinski definition) is 5. The van der Waals surface area contributed by atoms with Crippen LogP contribution in [0.25, 0.3) is 0 Å². The highest BCUT2D eigenvalue weighted by atomic mass is 32.2. The van der Waals surface area contributed by atoms with E-state index < -0.39 is 24.2 Å². The van der Waals surface area contributed by atoms with Crippen molar-refractivity contribution in [3.63, 3.8) is 0 Å². The zero-order valence-corrected chi connectivity index (χ0v) is 14.3. The van der Waals surface area contributed by atoms with Crippen LogP contribution in [0.15, 0.2) is 0 Å². The van der Waals surface area contributed by atoms with Gasteiger partial charge in [0.1, 0.15) is 18.0 Å². The molecule has 1 aliphatic heterocycles. The first-order chi connectivity index (χ1) is 11.3. The van der Waals surface area contributed by atoms with Gasteiger partial charge in [0, 0.05) is 12.2 Å². The summed E-state index contributed by atoms with van der Waals surface area (Å²) >= 11 is 1.59. The fourth-order valence-electron chi connectivity index (χ4n) is 3.69. The van der Waals surface area contributed by atoms with Crippen molar-refractivity contribution >= 4 is 17.7 Å². The van der Waals surface area contributed by atoms with Crippen LogP contribution in [0.3, 0.4) is 0 Å². The van der Waals surface area contributed by atoms with Crippen LogP contribution in [0.4, 0.5) is 13.2 Å². The minimum atomic E-state index is -4.38. The minimum Gasteiger partial charge on any atom is -0.458 e. The van der Waals surface area contributed by atoms with Crippen LogP contribution in [0.1, 0.15) is 49.7 Å². The molecule has 0 N–H and O–H groups in total. The second kappa shape index (κ2) is 6.57. The summed E-state index contributed by atoms with van der Waals surface area (Å²) in [4.78, 5) is 16.2. The first kappa shape index (κ1) is 17.6. The molecule has 0 bridgehead atoms. The molecule has 3 rings (SSSR count). The lowest BCUT2D eigenvalue weighted by atomic mass is 9.85. The Morgan fingerprint density at radius 2 is 2.08 bits per heavy atom. The Kier molecular flexibility index (Phi) is 4.81. The maximum absolute atomic E-state index is 12.9. The maximum atomic E-state index is 12.9. The molecule has 0 unspecified atom stereocenters. The van der Waals surface area contributed by atoms with Crippen molar-refractivity contribution in [3.05, 3.63) is 11.6 Å². The number of ether oxygens (including phenoxy) is 1. The molecule has 2 fully saturated rings. The van der Waals surface area contributed by atoms with Gasteiger partial charge in [0.15, 0.2) is 5.82 Å². The number of aryl methyl sites for hydroxylation is 1. The van der Waals surface area contributed by atoms with Gasteiger partial charge in [-0.05, 0) is 31.9 Å². The van der Waals surface area contributed by atoms with Gasteiger partial charge in [0.25, 0.3) is 0 Å². The second-order valence-electron chi connectivity index (χ2n) is 6.40. The average molecular weight is 363 g/mol. The second-order valence-corrected chi connectivity index (χ2v) is 7.39. The highest BCUT2D eigenvalue weighted by molar-refractivity contribution is 7.98. The lowest BCUT2D eigenvalue weighted by Crippen LogP contribution is -2.33. The van der Waals surface area contributed by atoms with E-state index in [2.05, 4.69) is 10.1 Å². The summed E-state index contributed by atoms with van der Waals surface area (Å²) in [6, 6.07) is 0. The predicted molar refractivity (Wildman–Crippen MR) is 82.8 cm³/mol. The summed E-state index contributed by atoms with van der Waals surface area (Å²) in [6.07, 6.45) is 1.32. The molecule has 2 aliphatic rings. The van der Waals surface area contributed by atoms with Crippen molar-refractivity contribution in [2.45, 2.75) is 62.8 Å². The van der Waals surface area contributed by atoms with E-state index in [1.165, 1.54) is 0 Å². The number of carbonyl (C=O) groups excluding carboxylic acids is 1. The van der Waals surface area contributed by atoms with Gasteiger partial charge >= 0.3 is 12.1 Å². The molecule has 1 aliphatic carbocycles. The van der Waals surface area contributed by atoms with Crippen LogP contribution in [0, 0.1) is 0 Å². The number of halogens is 3. The predicted octanol–water partition coefficient (Wildman–Crippen LogP) is 3.09. The van der Waals surface area contributed by atoms with Gasteiger partial charge in [-0.2, -0.15) is 30.0 Å². The number of alkyl halides is 3. The highest BCUT2D eigenvalue weighted by Crippen LogP contribution is 2.50. The summed E-state index contributed by atoms with van der Waals surface area (Å²) < 4.78 is 45.3. The summed E-state index contributed by atoms with van der Waals surface area (Å²) in [7, 11) is 0. The molecule has 5 nitrogen and oxygen atoms in total. The molecule has 0 aromatic carbocycles. The number of aromatic nitrogens is 3. The Labute approximate surface area is 142 Å². The van der Waals surface area contributed by atoms with E-state index in [1.807, 2.05) is 6.26 Å². The van der Waals surface area contributed by atoms with Gasteiger partial charge in [-0.25, -0.2) is 9.67 Å². The molecule has 1 spiro atoms. The van der Waals surface area contributed by atoms with Crippen LogP contribution in [0.2, 0.25) is 0 Å².